The number of Topliss-reactive ketones (excluding diaryl/α,β-unsaturated/α-hetero) is 1. The number of carbonyl (C=O) groups excluding carboxylic acids is 1. The Labute approximate surface area is 162 Å². The van der Waals surface area contributed by atoms with E-state index in [1.54, 1.807) is 6.20 Å². The summed E-state index contributed by atoms with van der Waals surface area (Å²) in [6.07, 6.45) is 1.90. The van der Waals surface area contributed by atoms with Gasteiger partial charge in [-0.25, -0.2) is 4.98 Å². The lowest BCUT2D eigenvalue weighted by atomic mass is 10.0. The topological polar surface area (TPSA) is 45.2 Å². The first-order chi connectivity index (χ1) is 12.4. The Kier molecular flexibility index (Phi) is 5.59. The van der Waals surface area contributed by atoms with Crippen LogP contribution >= 0.6 is 22.9 Å². The van der Waals surface area contributed by atoms with Crippen molar-refractivity contribution >= 4 is 45.2 Å². The van der Waals surface area contributed by atoms with Gasteiger partial charge in [-0.15, -0.1) is 0 Å². The lowest BCUT2D eigenvalue weighted by molar-refractivity contribution is 0.0996. The Morgan fingerprint density at radius 3 is 2.58 bits per heavy atom. The van der Waals surface area contributed by atoms with Crippen molar-refractivity contribution in [3.8, 4) is 0 Å². The number of benzene rings is 2. The highest BCUT2D eigenvalue weighted by atomic mass is 35.5. The monoisotopic (exact) mass is 385 g/mol. The predicted molar refractivity (Wildman–Crippen MR) is 110 cm³/mol. The van der Waals surface area contributed by atoms with Gasteiger partial charge in [0.2, 0.25) is 0 Å². The largest absolute Gasteiger partial charge is 0.378 e. The molecule has 0 saturated heterocycles. The molecule has 26 heavy (non-hydrogen) atoms. The molecule has 0 unspecified atom stereocenters. The molecular formula is C20H20ClN3OS. The van der Waals surface area contributed by atoms with Crippen LogP contribution in [0.1, 0.15) is 20.8 Å². The number of aryl methyl sites for hydroxylation is 1. The molecule has 0 fully saturated rings. The minimum absolute atomic E-state index is 0.0229. The maximum Gasteiger partial charge on any atom is 0.187 e. The van der Waals surface area contributed by atoms with E-state index in [2.05, 4.69) is 10.3 Å². The number of ketones is 1. The molecular weight excluding hydrogens is 366 g/mol. The average Bonchev–Trinajstić information content (AvgIpc) is 3.07. The van der Waals surface area contributed by atoms with E-state index >= 15 is 0 Å². The summed E-state index contributed by atoms with van der Waals surface area (Å²) in [5, 5.41) is 4.57. The fourth-order valence-corrected chi connectivity index (χ4v) is 3.63. The van der Waals surface area contributed by atoms with Crippen LogP contribution in [0.2, 0.25) is 5.02 Å². The van der Waals surface area contributed by atoms with E-state index in [9.17, 15) is 4.79 Å². The molecule has 1 aromatic heterocycles. The van der Waals surface area contributed by atoms with Crippen LogP contribution in [-0.2, 0) is 6.42 Å². The molecule has 3 aromatic rings. The molecule has 1 N–H and O–H groups in total. The molecule has 0 aliphatic carbocycles. The molecule has 4 nitrogen and oxygen atoms in total. The van der Waals surface area contributed by atoms with Gasteiger partial charge in [0.1, 0.15) is 0 Å². The van der Waals surface area contributed by atoms with Crippen molar-refractivity contribution in [2.45, 2.75) is 13.3 Å². The molecule has 0 spiro atoms. The van der Waals surface area contributed by atoms with Crippen LogP contribution in [0.3, 0.4) is 0 Å². The van der Waals surface area contributed by atoms with Crippen LogP contribution in [0, 0.1) is 6.92 Å². The summed E-state index contributed by atoms with van der Waals surface area (Å²) in [5.74, 6) is 0.0229. The second-order valence-electron chi connectivity index (χ2n) is 6.23. The maximum absolute atomic E-state index is 12.6. The summed E-state index contributed by atoms with van der Waals surface area (Å²) < 4.78 is 0. The normalized spacial score (nSPS) is 10.6. The van der Waals surface area contributed by atoms with Crippen LogP contribution in [0.5, 0.6) is 0 Å². The second kappa shape index (κ2) is 7.89. The van der Waals surface area contributed by atoms with Gasteiger partial charge in [-0.1, -0.05) is 35.1 Å². The number of nitrogens with one attached hydrogen (secondary N) is 1. The Balaban J connectivity index is 1.70. The summed E-state index contributed by atoms with van der Waals surface area (Å²) in [6.45, 7) is 1.96. The molecule has 0 aliphatic rings. The van der Waals surface area contributed by atoms with E-state index < -0.39 is 0 Å². The van der Waals surface area contributed by atoms with E-state index in [-0.39, 0.29) is 12.2 Å². The summed E-state index contributed by atoms with van der Waals surface area (Å²) in [7, 11) is 4.00. The smallest absolute Gasteiger partial charge is 0.187 e. The highest BCUT2D eigenvalue weighted by molar-refractivity contribution is 7.17. The van der Waals surface area contributed by atoms with Gasteiger partial charge >= 0.3 is 0 Å². The minimum atomic E-state index is 0.0229. The number of anilines is 3. The van der Waals surface area contributed by atoms with E-state index in [1.165, 1.54) is 11.3 Å². The number of halogens is 1. The predicted octanol–water partition coefficient (Wildman–Crippen LogP) is 5.34. The quantitative estimate of drug-likeness (QED) is 0.582. The van der Waals surface area contributed by atoms with Gasteiger partial charge < -0.3 is 10.2 Å². The van der Waals surface area contributed by atoms with Crippen LogP contribution in [-0.4, -0.2) is 24.9 Å². The van der Waals surface area contributed by atoms with Crippen molar-refractivity contribution < 1.29 is 4.79 Å². The molecule has 0 amide bonds. The molecule has 0 bridgehead atoms. The van der Waals surface area contributed by atoms with Gasteiger partial charge in [0.25, 0.3) is 0 Å². The van der Waals surface area contributed by atoms with Crippen LogP contribution in [0.25, 0.3) is 0 Å². The minimum Gasteiger partial charge on any atom is -0.378 e. The number of nitrogens with zero attached hydrogens (tertiary/aromatic N) is 2. The van der Waals surface area contributed by atoms with Crippen molar-refractivity contribution in [1.29, 1.82) is 0 Å². The zero-order valence-corrected chi connectivity index (χ0v) is 16.5. The van der Waals surface area contributed by atoms with Crippen molar-refractivity contribution in [1.82, 2.24) is 4.98 Å². The number of thiazole rings is 1. The number of hydrogen-bond acceptors (Lipinski definition) is 5. The third kappa shape index (κ3) is 4.23. The van der Waals surface area contributed by atoms with E-state index in [0.29, 0.717) is 15.0 Å². The molecule has 134 valence electrons. The first-order valence-electron chi connectivity index (χ1n) is 8.21. The second-order valence-corrected chi connectivity index (χ2v) is 7.67. The van der Waals surface area contributed by atoms with Gasteiger partial charge in [-0.05, 0) is 48.4 Å². The first-order valence-corrected chi connectivity index (χ1v) is 9.41. The van der Waals surface area contributed by atoms with Crippen LogP contribution < -0.4 is 10.2 Å². The Morgan fingerprint density at radius 2 is 1.92 bits per heavy atom. The van der Waals surface area contributed by atoms with Gasteiger partial charge in [0.15, 0.2) is 10.9 Å². The Morgan fingerprint density at radius 1 is 1.19 bits per heavy atom. The lowest BCUT2D eigenvalue weighted by Crippen LogP contribution is -2.08. The third-order valence-electron chi connectivity index (χ3n) is 4.11. The van der Waals surface area contributed by atoms with Gasteiger partial charge in [-0.3, -0.25) is 4.79 Å². The average molecular weight is 386 g/mol. The van der Waals surface area contributed by atoms with Crippen molar-refractivity contribution in [3.63, 3.8) is 0 Å². The number of aromatic nitrogens is 1. The standard InChI is InChI=1S/C20H20ClN3OS/c1-13-5-4-6-17(21)16(13)11-18(25)19-12-22-20(26-19)23-14-7-9-15(10-8-14)24(2)3/h4-10,12H,11H2,1-3H3,(H,22,23). The van der Waals surface area contributed by atoms with Crippen molar-refractivity contribution in [2.24, 2.45) is 0 Å². The molecule has 6 heteroatoms. The maximum atomic E-state index is 12.6. The van der Waals surface area contributed by atoms with Gasteiger partial charge in [-0.2, -0.15) is 0 Å². The van der Waals surface area contributed by atoms with E-state index in [0.717, 1.165) is 22.5 Å². The fraction of sp³-hybridized carbons (Fsp3) is 0.200. The molecule has 2 aromatic carbocycles. The summed E-state index contributed by atoms with van der Waals surface area (Å²) in [6, 6.07) is 13.7. The van der Waals surface area contributed by atoms with Gasteiger partial charge in [0.05, 0.1) is 11.1 Å². The zero-order chi connectivity index (χ0) is 18.7. The highest BCUT2D eigenvalue weighted by Gasteiger charge is 2.15. The molecule has 0 atom stereocenters. The summed E-state index contributed by atoms with van der Waals surface area (Å²) in [4.78, 5) is 19.6. The highest BCUT2D eigenvalue weighted by Crippen LogP contribution is 2.27. The first kappa shape index (κ1) is 18.4. The molecule has 3 rings (SSSR count). The lowest BCUT2D eigenvalue weighted by Gasteiger charge is -2.12. The summed E-state index contributed by atoms with van der Waals surface area (Å²) >= 11 is 7.58. The fourth-order valence-electron chi connectivity index (χ4n) is 2.57. The van der Waals surface area contributed by atoms with Crippen LogP contribution in [0.15, 0.2) is 48.7 Å². The van der Waals surface area contributed by atoms with Crippen molar-refractivity contribution in [2.75, 3.05) is 24.3 Å². The Hall–Kier alpha value is -2.37. The molecule has 0 aliphatic heterocycles. The number of hydrogen-bond donors (Lipinski definition) is 1. The molecule has 0 saturated carbocycles. The zero-order valence-electron chi connectivity index (χ0n) is 14.9. The molecule has 0 radical (unpaired) electrons. The number of rotatable bonds is 6. The van der Waals surface area contributed by atoms with Crippen LogP contribution in [0.4, 0.5) is 16.5 Å². The molecule has 1 heterocycles. The van der Waals surface area contributed by atoms with Gasteiger partial charge in [0, 0.05) is 36.9 Å². The van der Waals surface area contributed by atoms with Crippen molar-refractivity contribution in [3.05, 3.63) is 69.7 Å². The number of carbonyl (C=O) groups is 1. The SMILES string of the molecule is Cc1cccc(Cl)c1CC(=O)c1cnc(Nc2ccc(N(C)C)cc2)s1. The summed E-state index contributed by atoms with van der Waals surface area (Å²) in [5.41, 5.74) is 3.96. The Bertz CT molecular complexity index is 899. The third-order valence-corrected chi connectivity index (χ3v) is 5.41. The van der Waals surface area contributed by atoms with E-state index in [4.69, 9.17) is 11.6 Å². The van der Waals surface area contributed by atoms with E-state index in [1.807, 2.05) is 68.4 Å².